The smallest absolute Gasteiger partial charge is 0.376 e. The number of hydrogen-bond acceptors (Lipinski definition) is 3. The van der Waals surface area contributed by atoms with E-state index in [4.69, 9.17) is 13.3 Å². The van der Waals surface area contributed by atoms with Crippen molar-refractivity contribution in [2.45, 2.75) is 12.5 Å². The fourth-order valence-electron chi connectivity index (χ4n) is 1.60. The summed E-state index contributed by atoms with van der Waals surface area (Å²) in [5.74, 6) is 0. The molecule has 0 fully saturated rings. The van der Waals surface area contributed by atoms with Gasteiger partial charge in [0, 0.05) is 21.3 Å². The van der Waals surface area contributed by atoms with Gasteiger partial charge < -0.3 is 13.3 Å². The third kappa shape index (κ3) is 1.76. The van der Waals surface area contributed by atoms with Gasteiger partial charge in [0.2, 0.25) is 0 Å². The Kier molecular flexibility index (Phi) is 3.44. The maximum atomic E-state index is 5.39. The van der Waals surface area contributed by atoms with Gasteiger partial charge in [-0.1, -0.05) is 23.8 Å². The maximum absolute atomic E-state index is 5.39. The predicted molar refractivity (Wildman–Crippen MR) is 53.4 cm³/mol. The van der Waals surface area contributed by atoms with Gasteiger partial charge in [-0.2, -0.15) is 0 Å². The van der Waals surface area contributed by atoms with Crippen LogP contribution in [-0.4, -0.2) is 30.1 Å². The summed E-state index contributed by atoms with van der Waals surface area (Å²) < 4.78 is 16.2. The van der Waals surface area contributed by atoms with E-state index in [0.717, 1.165) is 0 Å². The predicted octanol–water partition coefficient (Wildman–Crippen LogP) is 1.75. The van der Waals surface area contributed by atoms with Gasteiger partial charge in [-0.05, 0) is 6.92 Å². The molecular weight excluding hydrogens is 184 g/mol. The molecule has 0 aromatic rings. The Morgan fingerprint density at radius 3 is 2.00 bits per heavy atom. The van der Waals surface area contributed by atoms with Gasteiger partial charge in [0.25, 0.3) is 0 Å². The molecule has 13 heavy (non-hydrogen) atoms. The third-order valence-corrected chi connectivity index (χ3v) is 5.50. The van der Waals surface area contributed by atoms with Crippen LogP contribution in [0.3, 0.4) is 0 Å². The van der Waals surface area contributed by atoms with Crippen LogP contribution in [0.4, 0.5) is 0 Å². The van der Waals surface area contributed by atoms with Gasteiger partial charge in [0.15, 0.2) is 0 Å². The molecule has 1 atom stereocenters. The summed E-state index contributed by atoms with van der Waals surface area (Å²) in [7, 11) is 2.41. The lowest BCUT2D eigenvalue weighted by Gasteiger charge is -2.29. The lowest BCUT2D eigenvalue weighted by molar-refractivity contribution is 0.120. The minimum atomic E-state index is -2.50. The summed E-state index contributed by atoms with van der Waals surface area (Å²) in [6, 6.07) is 0. The molecule has 74 valence electrons. The SMILES string of the molecule is CO[Si](OC)(OC)C1C=CC=C1C. The first kappa shape index (κ1) is 10.7. The van der Waals surface area contributed by atoms with Crippen LogP contribution in [0.2, 0.25) is 5.54 Å². The van der Waals surface area contributed by atoms with Crippen molar-refractivity contribution in [3.8, 4) is 0 Å². The van der Waals surface area contributed by atoms with Crippen LogP contribution in [-0.2, 0) is 13.3 Å². The number of hydrogen-bond donors (Lipinski definition) is 0. The van der Waals surface area contributed by atoms with Crippen LogP contribution in [0.15, 0.2) is 23.8 Å². The van der Waals surface area contributed by atoms with E-state index < -0.39 is 8.80 Å². The Morgan fingerprint density at radius 2 is 1.69 bits per heavy atom. The van der Waals surface area contributed by atoms with Crippen LogP contribution < -0.4 is 0 Å². The molecule has 0 N–H and O–H groups in total. The van der Waals surface area contributed by atoms with Gasteiger partial charge in [-0.15, -0.1) is 0 Å². The van der Waals surface area contributed by atoms with E-state index in [1.54, 1.807) is 21.3 Å². The second kappa shape index (κ2) is 4.19. The highest BCUT2D eigenvalue weighted by Gasteiger charge is 2.47. The van der Waals surface area contributed by atoms with Gasteiger partial charge in [0.1, 0.15) is 0 Å². The van der Waals surface area contributed by atoms with Crippen LogP contribution >= 0.6 is 0 Å². The fraction of sp³-hybridized carbons (Fsp3) is 0.556. The molecule has 0 aliphatic heterocycles. The minimum Gasteiger partial charge on any atom is -0.376 e. The zero-order valence-corrected chi connectivity index (χ0v) is 9.53. The van der Waals surface area contributed by atoms with E-state index in [2.05, 4.69) is 19.1 Å². The Balaban J connectivity index is 2.87. The van der Waals surface area contributed by atoms with Crippen molar-refractivity contribution >= 4 is 8.80 Å². The topological polar surface area (TPSA) is 27.7 Å². The molecule has 0 saturated carbocycles. The average Bonchev–Trinajstić information content (AvgIpc) is 2.57. The summed E-state index contributed by atoms with van der Waals surface area (Å²) in [5, 5.41) is 0. The lowest BCUT2D eigenvalue weighted by Crippen LogP contribution is -2.47. The molecule has 1 rings (SSSR count). The van der Waals surface area contributed by atoms with E-state index in [1.165, 1.54) is 5.57 Å². The van der Waals surface area contributed by atoms with Crippen molar-refractivity contribution in [2.75, 3.05) is 21.3 Å². The lowest BCUT2D eigenvalue weighted by atomic mass is 10.3. The first-order valence-corrected chi connectivity index (χ1v) is 6.01. The van der Waals surface area contributed by atoms with Gasteiger partial charge >= 0.3 is 8.80 Å². The molecular formula is C9H16O3Si. The molecule has 0 bridgehead atoms. The molecule has 3 nitrogen and oxygen atoms in total. The van der Waals surface area contributed by atoms with Crippen LogP contribution in [0.1, 0.15) is 6.92 Å². The van der Waals surface area contributed by atoms with Gasteiger partial charge in [-0.25, -0.2) is 0 Å². The van der Waals surface area contributed by atoms with Crippen molar-refractivity contribution in [1.29, 1.82) is 0 Å². The molecule has 0 heterocycles. The zero-order chi connectivity index (χ0) is 9.90. The first-order valence-electron chi connectivity index (χ1n) is 4.20. The molecule has 1 unspecified atom stereocenters. The van der Waals surface area contributed by atoms with Gasteiger partial charge in [0.05, 0.1) is 5.54 Å². The molecule has 0 amide bonds. The summed E-state index contributed by atoms with van der Waals surface area (Å²) in [5.41, 5.74) is 1.41. The molecule has 1 aliphatic rings. The minimum absolute atomic E-state index is 0.174. The Labute approximate surface area is 80.4 Å². The van der Waals surface area contributed by atoms with Crippen molar-refractivity contribution in [1.82, 2.24) is 0 Å². The summed E-state index contributed by atoms with van der Waals surface area (Å²) in [6.07, 6.45) is 6.14. The number of rotatable bonds is 4. The molecule has 0 spiro atoms. The largest absolute Gasteiger partial charge is 0.511 e. The van der Waals surface area contributed by atoms with Crippen molar-refractivity contribution in [3.63, 3.8) is 0 Å². The highest BCUT2D eigenvalue weighted by Crippen LogP contribution is 2.35. The zero-order valence-electron chi connectivity index (χ0n) is 8.53. The van der Waals surface area contributed by atoms with Crippen LogP contribution in [0.5, 0.6) is 0 Å². The molecule has 1 aliphatic carbocycles. The molecule has 0 aromatic heterocycles. The monoisotopic (exact) mass is 200 g/mol. The normalized spacial score (nSPS) is 22.2. The third-order valence-electron chi connectivity index (χ3n) is 2.39. The maximum Gasteiger partial charge on any atom is 0.511 e. The number of allylic oxidation sites excluding steroid dienone is 4. The molecule has 4 heteroatoms. The Morgan fingerprint density at radius 1 is 1.15 bits per heavy atom. The summed E-state index contributed by atoms with van der Waals surface area (Å²) >= 11 is 0. The Hall–Kier alpha value is -0.423. The summed E-state index contributed by atoms with van der Waals surface area (Å²) in [4.78, 5) is 0. The highest BCUT2D eigenvalue weighted by atomic mass is 28.4. The summed E-state index contributed by atoms with van der Waals surface area (Å²) in [6.45, 7) is 2.06. The van der Waals surface area contributed by atoms with E-state index >= 15 is 0 Å². The fourth-order valence-corrected chi connectivity index (χ4v) is 3.86. The molecule has 0 aromatic carbocycles. The van der Waals surface area contributed by atoms with E-state index in [-0.39, 0.29) is 5.54 Å². The standard InChI is InChI=1S/C9H16O3Si/c1-8-6-5-7-9(8)13(10-2,11-3)12-4/h5-7,9H,1-4H3. The van der Waals surface area contributed by atoms with E-state index in [1.807, 2.05) is 6.08 Å². The van der Waals surface area contributed by atoms with E-state index in [9.17, 15) is 0 Å². The van der Waals surface area contributed by atoms with Crippen molar-refractivity contribution < 1.29 is 13.3 Å². The van der Waals surface area contributed by atoms with Crippen molar-refractivity contribution in [2.24, 2.45) is 0 Å². The van der Waals surface area contributed by atoms with E-state index in [0.29, 0.717) is 0 Å². The van der Waals surface area contributed by atoms with Crippen LogP contribution in [0, 0.1) is 0 Å². The van der Waals surface area contributed by atoms with Crippen LogP contribution in [0.25, 0.3) is 0 Å². The molecule has 0 radical (unpaired) electrons. The molecule has 0 saturated heterocycles. The quantitative estimate of drug-likeness (QED) is 0.647. The first-order chi connectivity index (χ1) is 6.20. The Bertz CT molecular complexity index is 223. The highest BCUT2D eigenvalue weighted by molar-refractivity contribution is 6.63. The van der Waals surface area contributed by atoms with Gasteiger partial charge in [-0.3, -0.25) is 0 Å². The second-order valence-corrected chi connectivity index (χ2v) is 6.04. The average molecular weight is 200 g/mol. The second-order valence-electron chi connectivity index (χ2n) is 2.99. The van der Waals surface area contributed by atoms with Crippen molar-refractivity contribution in [3.05, 3.63) is 23.8 Å².